The number of hydrogen-bond donors (Lipinski definition) is 0. The van der Waals surface area contributed by atoms with Crippen molar-refractivity contribution < 1.29 is 9.59 Å². The van der Waals surface area contributed by atoms with Crippen molar-refractivity contribution in [3.05, 3.63) is 0 Å². The second-order valence-corrected chi connectivity index (χ2v) is 5.15. The van der Waals surface area contributed by atoms with Gasteiger partial charge >= 0.3 is 0 Å². The van der Waals surface area contributed by atoms with Gasteiger partial charge in [0.05, 0.1) is 6.42 Å². The van der Waals surface area contributed by atoms with Crippen molar-refractivity contribution in [3.63, 3.8) is 0 Å². The highest BCUT2D eigenvalue weighted by molar-refractivity contribution is 5.89. The molecule has 0 spiro atoms. The maximum Gasteiger partial charge on any atom is 0.206 e. The number of ketones is 1. The standard InChI is InChI=1S/C16H29O2/c1-2-3-4-5-6-7-8-9-10-11-12-13-16(18)14-15-17/h2-14H2,1H3. The third kappa shape index (κ3) is 13.4. The van der Waals surface area contributed by atoms with Crippen molar-refractivity contribution in [2.45, 2.75) is 90.4 Å². The van der Waals surface area contributed by atoms with Crippen LogP contribution in [0, 0.1) is 0 Å². The first kappa shape index (κ1) is 17.3. The van der Waals surface area contributed by atoms with Crippen LogP contribution in [0.2, 0.25) is 0 Å². The van der Waals surface area contributed by atoms with E-state index in [1.807, 2.05) is 0 Å². The molecule has 0 fully saturated rings. The molecule has 0 bridgehead atoms. The van der Waals surface area contributed by atoms with Gasteiger partial charge in [0.1, 0.15) is 5.78 Å². The summed E-state index contributed by atoms with van der Waals surface area (Å²) >= 11 is 0. The molecular weight excluding hydrogens is 224 g/mol. The molecule has 2 nitrogen and oxygen atoms in total. The predicted molar refractivity (Wildman–Crippen MR) is 76.4 cm³/mol. The normalized spacial score (nSPS) is 10.5. The third-order valence-electron chi connectivity index (χ3n) is 3.33. The van der Waals surface area contributed by atoms with E-state index in [4.69, 9.17) is 0 Å². The first-order chi connectivity index (χ1) is 8.81. The van der Waals surface area contributed by atoms with Gasteiger partial charge in [-0.2, -0.15) is 0 Å². The Kier molecular flexibility index (Phi) is 13.9. The zero-order chi connectivity index (χ0) is 13.5. The van der Waals surface area contributed by atoms with Gasteiger partial charge < -0.3 is 0 Å². The molecule has 0 aromatic rings. The second-order valence-electron chi connectivity index (χ2n) is 5.15. The Labute approximate surface area is 113 Å². The Balaban J connectivity index is 3.03. The molecule has 0 aliphatic heterocycles. The van der Waals surface area contributed by atoms with Gasteiger partial charge in [-0.1, -0.05) is 71.1 Å². The lowest BCUT2D eigenvalue weighted by atomic mass is 10.0. The monoisotopic (exact) mass is 253 g/mol. The summed E-state index contributed by atoms with van der Waals surface area (Å²) in [6.07, 6.45) is 16.4. The summed E-state index contributed by atoms with van der Waals surface area (Å²) in [5.41, 5.74) is 0. The molecule has 18 heavy (non-hydrogen) atoms. The lowest BCUT2D eigenvalue weighted by Crippen LogP contribution is -1.97. The van der Waals surface area contributed by atoms with Gasteiger partial charge in [0.25, 0.3) is 0 Å². The molecule has 0 aliphatic rings. The average Bonchev–Trinajstić information content (AvgIpc) is 2.36. The number of unbranched alkanes of at least 4 members (excludes halogenated alkanes) is 10. The highest BCUT2D eigenvalue weighted by Crippen LogP contribution is 2.12. The summed E-state index contributed by atoms with van der Waals surface area (Å²) in [6.45, 7) is 2.25. The summed E-state index contributed by atoms with van der Waals surface area (Å²) in [6, 6.07) is 0. The van der Waals surface area contributed by atoms with Crippen molar-refractivity contribution in [2.75, 3.05) is 0 Å². The van der Waals surface area contributed by atoms with Crippen LogP contribution in [0.15, 0.2) is 0 Å². The zero-order valence-electron chi connectivity index (χ0n) is 12.0. The Hall–Kier alpha value is -0.660. The summed E-state index contributed by atoms with van der Waals surface area (Å²) in [7, 11) is 0. The highest BCUT2D eigenvalue weighted by Gasteiger charge is 2.00. The summed E-state index contributed by atoms with van der Waals surface area (Å²) in [5, 5.41) is 0. The number of hydrogen-bond acceptors (Lipinski definition) is 2. The molecule has 0 aliphatic carbocycles. The van der Waals surface area contributed by atoms with Gasteiger partial charge in [-0.05, 0) is 6.42 Å². The summed E-state index contributed by atoms with van der Waals surface area (Å²) in [4.78, 5) is 21.0. The fraction of sp³-hybridized carbons (Fsp3) is 0.875. The maximum atomic E-state index is 11.0. The SMILES string of the molecule is CCCCCCCCCCCCCC(=O)C[C]=O. The lowest BCUT2D eigenvalue weighted by molar-refractivity contribution is -0.118. The molecule has 0 N–H and O–H groups in total. The van der Waals surface area contributed by atoms with Crippen LogP contribution in [0.4, 0.5) is 0 Å². The minimum Gasteiger partial charge on any atom is -0.299 e. The first-order valence-corrected chi connectivity index (χ1v) is 7.68. The molecule has 105 valence electrons. The van der Waals surface area contributed by atoms with E-state index < -0.39 is 0 Å². The minimum absolute atomic E-state index is 0.0161. The molecule has 1 radical (unpaired) electrons. The molecule has 2 heteroatoms. The number of rotatable bonds is 14. The van der Waals surface area contributed by atoms with Crippen molar-refractivity contribution in [1.82, 2.24) is 0 Å². The van der Waals surface area contributed by atoms with Crippen molar-refractivity contribution in [1.29, 1.82) is 0 Å². The van der Waals surface area contributed by atoms with Crippen LogP contribution < -0.4 is 0 Å². The van der Waals surface area contributed by atoms with E-state index >= 15 is 0 Å². The number of Topliss-reactive ketones (excluding diaryl/α,β-unsaturated/α-hetero) is 1. The maximum absolute atomic E-state index is 11.0. The molecule has 0 saturated heterocycles. The molecule has 0 atom stereocenters. The smallest absolute Gasteiger partial charge is 0.206 e. The minimum atomic E-state index is -0.0161. The van der Waals surface area contributed by atoms with E-state index in [1.165, 1.54) is 57.8 Å². The Bertz CT molecular complexity index is 199. The quantitative estimate of drug-likeness (QED) is 0.330. The topological polar surface area (TPSA) is 34.1 Å². The van der Waals surface area contributed by atoms with Gasteiger partial charge in [-0.25, -0.2) is 0 Å². The molecule has 0 saturated carbocycles. The van der Waals surface area contributed by atoms with Gasteiger partial charge in [0, 0.05) is 6.42 Å². The second kappa shape index (κ2) is 14.4. The van der Waals surface area contributed by atoms with Crippen LogP contribution in [-0.2, 0) is 9.59 Å². The largest absolute Gasteiger partial charge is 0.299 e. The third-order valence-corrected chi connectivity index (χ3v) is 3.33. The van der Waals surface area contributed by atoms with Gasteiger partial charge in [-0.3, -0.25) is 9.59 Å². The van der Waals surface area contributed by atoms with Crippen LogP contribution in [0.1, 0.15) is 90.4 Å². The van der Waals surface area contributed by atoms with Crippen LogP contribution >= 0.6 is 0 Å². The Morgan fingerprint density at radius 1 is 0.778 bits per heavy atom. The van der Waals surface area contributed by atoms with Crippen LogP contribution in [0.5, 0.6) is 0 Å². The molecule has 0 unspecified atom stereocenters. The summed E-state index contributed by atoms with van der Waals surface area (Å²) in [5.74, 6) is 0.0425. The van der Waals surface area contributed by atoms with E-state index in [0.29, 0.717) is 6.42 Å². The first-order valence-electron chi connectivity index (χ1n) is 7.68. The number of carbonyl (C=O) groups is 1. The Morgan fingerprint density at radius 3 is 1.67 bits per heavy atom. The van der Waals surface area contributed by atoms with E-state index in [-0.39, 0.29) is 12.2 Å². The molecule has 0 aromatic heterocycles. The van der Waals surface area contributed by atoms with E-state index in [0.717, 1.165) is 12.8 Å². The van der Waals surface area contributed by atoms with E-state index in [2.05, 4.69) is 6.92 Å². The van der Waals surface area contributed by atoms with Crippen molar-refractivity contribution >= 4 is 12.1 Å². The summed E-state index contributed by atoms with van der Waals surface area (Å²) < 4.78 is 0. The molecule has 0 aromatic carbocycles. The molecule has 0 amide bonds. The van der Waals surface area contributed by atoms with Crippen molar-refractivity contribution in [2.24, 2.45) is 0 Å². The van der Waals surface area contributed by atoms with Crippen LogP contribution in [0.3, 0.4) is 0 Å². The fourth-order valence-electron chi connectivity index (χ4n) is 2.16. The lowest BCUT2D eigenvalue weighted by Gasteiger charge is -2.02. The van der Waals surface area contributed by atoms with E-state index in [1.54, 1.807) is 6.29 Å². The van der Waals surface area contributed by atoms with Gasteiger partial charge in [-0.15, -0.1) is 0 Å². The van der Waals surface area contributed by atoms with Gasteiger partial charge in [0.2, 0.25) is 6.29 Å². The molecule has 0 rings (SSSR count). The van der Waals surface area contributed by atoms with Gasteiger partial charge in [0.15, 0.2) is 0 Å². The number of carbonyl (C=O) groups excluding carboxylic acids is 2. The zero-order valence-corrected chi connectivity index (χ0v) is 12.0. The molecule has 0 heterocycles. The van der Waals surface area contributed by atoms with E-state index in [9.17, 15) is 9.59 Å². The Morgan fingerprint density at radius 2 is 1.22 bits per heavy atom. The predicted octanol–water partition coefficient (Wildman–Crippen LogP) is 4.76. The fourth-order valence-corrected chi connectivity index (χ4v) is 2.16. The average molecular weight is 253 g/mol. The van der Waals surface area contributed by atoms with Crippen molar-refractivity contribution in [3.8, 4) is 0 Å². The van der Waals surface area contributed by atoms with Crippen LogP contribution in [0.25, 0.3) is 0 Å². The highest BCUT2D eigenvalue weighted by atomic mass is 16.1. The molecular formula is C16H29O2. The van der Waals surface area contributed by atoms with Crippen LogP contribution in [-0.4, -0.2) is 12.1 Å².